The fourth-order valence-corrected chi connectivity index (χ4v) is 1.94. The molecule has 0 saturated carbocycles. The third-order valence-electron chi connectivity index (χ3n) is 2.92. The topological polar surface area (TPSA) is 29.3 Å². The minimum atomic E-state index is 0.460. The molecular formula is C11H24N2. The first kappa shape index (κ1) is 11.0. The van der Waals surface area contributed by atoms with E-state index in [1.54, 1.807) is 0 Å². The Hall–Kier alpha value is -0.0800. The van der Waals surface area contributed by atoms with Gasteiger partial charge in [0.05, 0.1) is 0 Å². The Morgan fingerprint density at radius 2 is 2.08 bits per heavy atom. The molecule has 1 heterocycles. The van der Waals surface area contributed by atoms with Crippen LogP contribution in [-0.4, -0.2) is 30.6 Å². The van der Waals surface area contributed by atoms with E-state index < -0.39 is 0 Å². The van der Waals surface area contributed by atoms with E-state index in [1.807, 2.05) is 0 Å². The van der Waals surface area contributed by atoms with Gasteiger partial charge in [-0.3, -0.25) is 4.90 Å². The van der Waals surface area contributed by atoms with Crippen LogP contribution in [0.1, 0.15) is 40.0 Å². The highest BCUT2D eigenvalue weighted by Crippen LogP contribution is 2.22. The first-order chi connectivity index (χ1) is 6.03. The van der Waals surface area contributed by atoms with Crippen LogP contribution < -0.4 is 5.73 Å². The molecular weight excluding hydrogens is 160 g/mol. The molecule has 0 amide bonds. The maximum absolute atomic E-state index is 5.72. The molecule has 1 aliphatic heterocycles. The standard InChI is InChI=1S/C11H24N2/c1-11(2,3)6-8-13-7-4-5-10(13)9-12/h10H,4-9,12H2,1-3H3. The van der Waals surface area contributed by atoms with Gasteiger partial charge in [0, 0.05) is 12.6 Å². The first-order valence-corrected chi connectivity index (χ1v) is 5.47. The molecule has 0 aromatic rings. The van der Waals surface area contributed by atoms with Crippen molar-refractivity contribution in [2.75, 3.05) is 19.6 Å². The van der Waals surface area contributed by atoms with Crippen molar-refractivity contribution in [3.05, 3.63) is 0 Å². The quantitative estimate of drug-likeness (QED) is 0.725. The molecule has 0 radical (unpaired) electrons. The lowest BCUT2D eigenvalue weighted by Crippen LogP contribution is -2.37. The van der Waals surface area contributed by atoms with Crippen molar-refractivity contribution in [2.45, 2.75) is 46.1 Å². The lowest BCUT2D eigenvalue weighted by atomic mass is 9.92. The van der Waals surface area contributed by atoms with Crippen LogP contribution in [0.25, 0.3) is 0 Å². The van der Waals surface area contributed by atoms with Crippen molar-refractivity contribution in [3.8, 4) is 0 Å². The fourth-order valence-electron chi connectivity index (χ4n) is 1.94. The Labute approximate surface area is 82.5 Å². The molecule has 0 aliphatic carbocycles. The van der Waals surface area contributed by atoms with Crippen LogP contribution in [-0.2, 0) is 0 Å². The summed E-state index contributed by atoms with van der Waals surface area (Å²) in [6.07, 6.45) is 3.93. The highest BCUT2D eigenvalue weighted by molar-refractivity contribution is 4.80. The van der Waals surface area contributed by atoms with Crippen LogP contribution in [0.4, 0.5) is 0 Å². The van der Waals surface area contributed by atoms with Gasteiger partial charge in [0.2, 0.25) is 0 Å². The molecule has 1 saturated heterocycles. The van der Waals surface area contributed by atoms with Crippen LogP contribution in [0.3, 0.4) is 0 Å². The van der Waals surface area contributed by atoms with Gasteiger partial charge in [-0.2, -0.15) is 0 Å². The third kappa shape index (κ3) is 3.65. The number of likely N-dealkylation sites (tertiary alicyclic amines) is 1. The summed E-state index contributed by atoms with van der Waals surface area (Å²) in [4.78, 5) is 2.56. The number of nitrogens with zero attached hydrogens (tertiary/aromatic N) is 1. The largest absolute Gasteiger partial charge is 0.329 e. The SMILES string of the molecule is CC(C)(C)CCN1CCCC1CN. The van der Waals surface area contributed by atoms with Gasteiger partial charge in [0.25, 0.3) is 0 Å². The van der Waals surface area contributed by atoms with E-state index in [1.165, 1.54) is 32.4 Å². The molecule has 0 bridgehead atoms. The lowest BCUT2D eigenvalue weighted by Gasteiger charge is -2.27. The van der Waals surface area contributed by atoms with Gasteiger partial charge in [-0.05, 0) is 37.8 Å². The van der Waals surface area contributed by atoms with Gasteiger partial charge in [-0.1, -0.05) is 20.8 Å². The van der Waals surface area contributed by atoms with E-state index in [9.17, 15) is 0 Å². The van der Waals surface area contributed by atoms with E-state index in [2.05, 4.69) is 25.7 Å². The predicted molar refractivity (Wildman–Crippen MR) is 57.7 cm³/mol. The molecule has 1 atom stereocenters. The fraction of sp³-hybridized carbons (Fsp3) is 1.00. The summed E-state index contributed by atoms with van der Waals surface area (Å²) in [5.74, 6) is 0. The molecule has 2 heteroatoms. The average molecular weight is 184 g/mol. The van der Waals surface area contributed by atoms with Crippen molar-refractivity contribution in [3.63, 3.8) is 0 Å². The highest BCUT2D eigenvalue weighted by atomic mass is 15.2. The van der Waals surface area contributed by atoms with Gasteiger partial charge in [0.1, 0.15) is 0 Å². The Morgan fingerprint density at radius 1 is 1.38 bits per heavy atom. The zero-order chi connectivity index (χ0) is 9.90. The van der Waals surface area contributed by atoms with Gasteiger partial charge >= 0.3 is 0 Å². The zero-order valence-electron chi connectivity index (χ0n) is 9.34. The molecule has 1 aliphatic rings. The predicted octanol–water partition coefficient (Wildman–Crippen LogP) is 1.85. The second-order valence-electron chi connectivity index (χ2n) is 5.38. The monoisotopic (exact) mass is 184 g/mol. The van der Waals surface area contributed by atoms with E-state index in [4.69, 9.17) is 5.73 Å². The number of nitrogens with two attached hydrogens (primary N) is 1. The first-order valence-electron chi connectivity index (χ1n) is 5.47. The molecule has 2 N–H and O–H groups in total. The molecule has 0 aromatic carbocycles. The number of rotatable bonds is 3. The summed E-state index contributed by atoms with van der Waals surface area (Å²) in [6, 6.07) is 0.669. The van der Waals surface area contributed by atoms with Crippen LogP contribution in [0.2, 0.25) is 0 Å². The molecule has 2 nitrogen and oxygen atoms in total. The molecule has 0 aromatic heterocycles. The average Bonchev–Trinajstić information content (AvgIpc) is 2.46. The normalized spacial score (nSPS) is 25.4. The molecule has 1 unspecified atom stereocenters. The second kappa shape index (κ2) is 4.43. The Balaban J connectivity index is 2.28. The smallest absolute Gasteiger partial charge is 0.0218 e. The number of hydrogen-bond acceptors (Lipinski definition) is 2. The highest BCUT2D eigenvalue weighted by Gasteiger charge is 2.23. The summed E-state index contributed by atoms with van der Waals surface area (Å²) < 4.78 is 0. The summed E-state index contributed by atoms with van der Waals surface area (Å²) in [7, 11) is 0. The summed E-state index contributed by atoms with van der Waals surface area (Å²) in [6.45, 7) is 10.2. The van der Waals surface area contributed by atoms with E-state index in [0.29, 0.717) is 11.5 Å². The Kier molecular flexibility index (Phi) is 3.74. The summed E-state index contributed by atoms with van der Waals surface area (Å²) in [5.41, 5.74) is 6.18. The molecule has 1 rings (SSSR count). The maximum atomic E-state index is 5.72. The van der Waals surface area contributed by atoms with Gasteiger partial charge in [0.15, 0.2) is 0 Å². The Morgan fingerprint density at radius 3 is 2.62 bits per heavy atom. The second-order valence-corrected chi connectivity index (χ2v) is 5.38. The van der Waals surface area contributed by atoms with Crippen molar-refractivity contribution >= 4 is 0 Å². The van der Waals surface area contributed by atoms with Crippen molar-refractivity contribution in [2.24, 2.45) is 11.1 Å². The van der Waals surface area contributed by atoms with E-state index in [0.717, 1.165) is 6.54 Å². The van der Waals surface area contributed by atoms with Crippen LogP contribution >= 0.6 is 0 Å². The lowest BCUT2D eigenvalue weighted by molar-refractivity contribution is 0.216. The maximum Gasteiger partial charge on any atom is 0.0218 e. The van der Waals surface area contributed by atoms with Crippen molar-refractivity contribution < 1.29 is 0 Å². The summed E-state index contributed by atoms with van der Waals surface area (Å²) in [5, 5.41) is 0. The minimum Gasteiger partial charge on any atom is -0.329 e. The summed E-state index contributed by atoms with van der Waals surface area (Å²) >= 11 is 0. The molecule has 78 valence electrons. The molecule has 1 fully saturated rings. The van der Waals surface area contributed by atoms with Gasteiger partial charge < -0.3 is 5.73 Å². The number of hydrogen-bond donors (Lipinski definition) is 1. The minimum absolute atomic E-state index is 0.460. The van der Waals surface area contributed by atoms with Crippen LogP contribution in [0.15, 0.2) is 0 Å². The van der Waals surface area contributed by atoms with E-state index >= 15 is 0 Å². The van der Waals surface area contributed by atoms with E-state index in [-0.39, 0.29) is 0 Å². The van der Waals surface area contributed by atoms with Crippen molar-refractivity contribution in [1.29, 1.82) is 0 Å². The zero-order valence-corrected chi connectivity index (χ0v) is 9.34. The van der Waals surface area contributed by atoms with Gasteiger partial charge in [-0.25, -0.2) is 0 Å². The third-order valence-corrected chi connectivity index (χ3v) is 2.92. The van der Waals surface area contributed by atoms with Gasteiger partial charge in [-0.15, -0.1) is 0 Å². The van der Waals surface area contributed by atoms with Crippen LogP contribution in [0, 0.1) is 5.41 Å². The Bertz CT molecular complexity index is 149. The molecule has 13 heavy (non-hydrogen) atoms. The molecule has 0 spiro atoms. The van der Waals surface area contributed by atoms with Crippen LogP contribution in [0.5, 0.6) is 0 Å². The van der Waals surface area contributed by atoms with Crippen molar-refractivity contribution in [1.82, 2.24) is 4.90 Å².